The Morgan fingerprint density at radius 3 is 2.83 bits per heavy atom. The van der Waals surface area contributed by atoms with E-state index in [1.807, 2.05) is 30.5 Å². The summed E-state index contributed by atoms with van der Waals surface area (Å²) in [7, 11) is 0. The van der Waals surface area contributed by atoms with Crippen LogP contribution in [0.1, 0.15) is 5.56 Å². The number of ether oxygens (including phenoxy) is 1. The molecule has 146 valence electrons. The summed E-state index contributed by atoms with van der Waals surface area (Å²) in [5.41, 5.74) is 1.68. The third-order valence-corrected chi connectivity index (χ3v) is 5.52. The van der Waals surface area contributed by atoms with Crippen LogP contribution in [0, 0.1) is 0 Å². The second kappa shape index (κ2) is 8.23. The Bertz CT molecular complexity index is 1290. The summed E-state index contributed by atoms with van der Waals surface area (Å²) >= 11 is 7.88. The third kappa shape index (κ3) is 4.11. The summed E-state index contributed by atoms with van der Waals surface area (Å²) in [6, 6.07) is 14.7. The summed E-state index contributed by atoms with van der Waals surface area (Å²) in [5.74, 6) is -0.557. The number of aromatic nitrogens is 3. The Hall–Kier alpha value is -2.90. The molecule has 0 aliphatic carbocycles. The smallest absolute Gasteiger partial charge is 0.326 e. The molecular weight excluding hydrogens is 410 g/mol. The van der Waals surface area contributed by atoms with Gasteiger partial charge in [0.05, 0.1) is 22.7 Å². The predicted molar refractivity (Wildman–Crippen MR) is 114 cm³/mol. The first-order valence-electron chi connectivity index (χ1n) is 8.78. The van der Waals surface area contributed by atoms with Crippen molar-refractivity contribution >= 4 is 51.1 Å². The van der Waals surface area contributed by atoms with Gasteiger partial charge in [-0.15, -0.1) is 11.8 Å². The molecule has 0 N–H and O–H groups in total. The van der Waals surface area contributed by atoms with E-state index in [1.54, 1.807) is 36.0 Å². The number of benzene rings is 2. The van der Waals surface area contributed by atoms with Gasteiger partial charge in [0.1, 0.15) is 18.3 Å². The van der Waals surface area contributed by atoms with E-state index >= 15 is 0 Å². The topological polar surface area (TPSA) is 74.1 Å². The van der Waals surface area contributed by atoms with Gasteiger partial charge >= 0.3 is 5.97 Å². The summed E-state index contributed by atoms with van der Waals surface area (Å²) < 4.78 is 6.55. The highest BCUT2D eigenvalue weighted by Crippen LogP contribution is 2.25. The van der Waals surface area contributed by atoms with Crippen molar-refractivity contribution in [2.75, 3.05) is 6.26 Å². The first-order valence-corrected chi connectivity index (χ1v) is 10.4. The molecule has 0 saturated carbocycles. The second-order valence-corrected chi connectivity index (χ2v) is 7.59. The lowest BCUT2D eigenvalue weighted by Crippen LogP contribution is -2.25. The molecule has 0 atom stereocenters. The number of hydrogen-bond acceptors (Lipinski definition) is 6. The summed E-state index contributed by atoms with van der Waals surface area (Å²) in [6.07, 6.45) is 3.34. The fraction of sp³-hybridized carbons (Fsp3) is 0.143. The fourth-order valence-corrected chi connectivity index (χ4v) is 3.59. The second-order valence-electron chi connectivity index (χ2n) is 6.35. The monoisotopic (exact) mass is 425 g/mol. The van der Waals surface area contributed by atoms with E-state index in [4.69, 9.17) is 16.3 Å². The van der Waals surface area contributed by atoms with E-state index in [-0.39, 0.29) is 23.9 Å². The van der Waals surface area contributed by atoms with Gasteiger partial charge in [-0.25, -0.2) is 9.97 Å². The molecule has 0 bridgehead atoms. The lowest BCUT2D eigenvalue weighted by atomic mass is 10.2. The van der Waals surface area contributed by atoms with Gasteiger partial charge in [-0.3, -0.25) is 14.2 Å². The number of esters is 1. The van der Waals surface area contributed by atoms with Crippen LogP contribution in [-0.2, 0) is 22.7 Å². The fourth-order valence-electron chi connectivity index (χ4n) is 2.96. The van der Waals surface area contributed by atoms with Crippen LogP contribution in [0.25, 0.3) is 21.8 Å². The zero-order chi connectivity index (χ0) is 20.4. The van der Waals surface area contributed by atoms with Gasteiger partial charge in [-0.05, 0) is 36.6 Å². The highest BCUT2D eigenvalue weighted by Gasteiger charge is 2.12. The van der Waals surface area contributed by atoms with Crippen LogP contribution in [0.4, 0.5) is 0 Å². The van der Waals surface area contributed by atoms with Gasteiger partial charge in [0.2, 0.25) is 0 Å². The standard InChI is InChI=1S/C21H16ClN3O3S/c1-29-15-7-6-13-8-14(20(22)24-18(13)9-15)11-28-19(26)10-25-12-23-17-5-3-2-4-16(17)21(25)27/h2-9,12H,10-11H2,1H3. The molecule has 0 amide bonds. The molecule has 4 aromatic rings. The molecule has 0 aliphatic heterocycles. The molecule has 0 fully saturated rings. The number of hydrogen-bond donors (Lipinski definition) is 0. The summed E-state index contributed by atoms with van der Waals surface area (Å²) in [6.45, 7) is -0.257. The van der Waals surface area contributed by atoms with Crippen LogP contribution in [0.3, 0.4) is 0 Å². The number of rotatable bonds is 5. The Morgan fingerprint density at radius 2 is 2.00 bits per heavy atom. The zero-order valence-electron chi connectivity index (χ0n) is 15.5. The number of nitrogens with zero attached hydrogens (tertiary/aromatic N) is 3. The SMILES string of the molecule is CSc1ccc2cc(COC(=O)Cn3cnc4ccccc4c3=O)c(Cl)nc2c1. The van der Waals surface area contributed by atoms with E-state index in [0.717, 1.165) is 15.8 Å². The van der Waals surface area contributed by atoms with Crippen molar-refractivity contribution in [2.45, 2.75) is 18.0 Å². The number of halogens is 1. The number of thioether (sulfide) groups is 1. The van der Waals surface area contributed by atoms with Gasteiger partial charge in [0.25, 0.3) is 5.56 Å². The third-order valence-electron chi connectivity index (χ3n) is 4.47. The molecule has 2 aromatic heterocycles. The van der Waals surface area contributed by atoms with Crippen molar-refractivity contribution in [3.63, 3.8) is 0 Å². The first-order chi connectivity index (χ1) is 14.0. The molecule has 2 heterocycles. The van der Waals surface area contributed by atoms with Crippen LogP contribution >= 0.6 is 23.4 Å². The van der Waals surface area contributed by atoms with Gasteiger partial charge in [0, 0.05) is 15.8 Å². The van der Waals surface area contributed by atoms with Crippen molar-refractivity contribution in [2.24, 2.45) is 0 Å². The first kappa shape index (κ1) is 19.4. The minimum Gasteiger partial charge on any atom is -0.459 e. The van der Waals surface area contributed by atoms with E-state index in [9.17, 15) is 9.59 Å². The Kier molecular flexibility index (Phi) is 5.51. The van der Waals surface area contributed by atoms with Crippen LogP contribution in [-0.4, -0.2) is 26.8 Å². The molecular formula is C21H16ClN3O3S. The summed E-state index contributed by atoms with van der Waals surface area (Å²) in [4.78, 5) is 34.4. The molecule has 6 nitrogen and oxygen atoms in total. The molecule has 0 unspecified atom stereocenters. The highest BCUT2D eigenvalue weighted by atomic mass is 35.5. The van der Waals surface area contributed by atoms with Gasteiger partial charge < -0.3 is 4.74 Å². The Morgan fingerprint density at radius 1 is 1.17 bits per heavy atom. The molecule has 0 radical (unpaired) electrons. The maximum atomic E-state index is 12.5. The molecule has 0 spiro atoms. The van der Waals surface area contributed by atoms with Crippen molar-refractivity contribution in [3.8, 4) is 0 Å². The maximum Gasteiger partial charge on any atom is 0.326 e. The van der Waals surface area contributed by atoms with Crippen LogP contribution < -0.4 is 5.56 Å². The predicted octanol–water partition coefficient (Wildman–Crippen LogP) is 4.06. The average Bonchev–Trinajstić information content (AvgIpc) is 2.74. The summed E-state index contributed by atoms with van der Waals surface area (Å²) in [5, 5.41) is 1.65. The largest absolute Gasteiger partial charge is 0.459 e. The quantitative estimate of drug-likeness (QED) is 0.272. The minimum absolute atomic E-state index is 0.0271. The normalized spacial score (nSPS) is 11.1. The number of carbonyl (C=O) groups excluding carboxylic acids is 1. The molecule has 29 heavy (non-hydrogen) atoms. The van der Waals surface area contributed by atoms with Crippen molar-refractivity contribution < 1.29 is 9.53 Å². The lowest BCUT2D eigenvalue weighted by molar-refractivity contribution is -0.145. The Labute approximate surface area is 175 Å². The molecule has 0 aliphatic rings. The lowest BCUT2D eigenvalue weighted by Gasteiger charge is -2.09. The van der Waals surface area contributed by atoms with Crippen LogP contribution in [0.2, 0.25) is 5.15 Å². The molecule has 4 rings (SSSR count). The maximum absolute atomic E-state index is 12.5. The van der Waals surface area contributed by atoms with Gasteiger partial charge in [-0.2, -0.15) is 0 Å². The molecule has 2 aromatic carbocycles. The van der Waals surface area contributed by atoms with Crippen LogP contribution in [0.5, 0.6) is 0 Å². The van der Waals surface area contributed by atoms with Gasteiger partial charge in [0.15, 0.2) is 0 Å². The van der Waals surface area contributed by atoms with E-state index in [1.165, 1.54) is 10.9 Å². The van der Waals surface area contributed by atoms with Crippen LogP contribution in [0.15, 0.2) is 64.5 Å². The van der Waals surface area contributed by atoms with Crippen molar-refractivity contribution in [1.29, 1.82) is 0 Å². The zero-order valence-corrected chi connectivity index (χ0v) is 17.0. The number of para-hydroxylation sites is 1. The number of carbonyl (C=O) groups is 1. The Balaban J connectivity index is 1.49. The van der Waals surface area contributed by atoms with Crippen molar-refractivity contribution in [1.82, 2.24) is 14.5 Å². The number of fused-ring (bicyclic) bond motifs is 2. The molecule has 8 heteroatoms. The minimum atomic E-state index is -0.557. The highest BCUT2D eigenvalue weighted by molar-refractivity contribution is 7.98. The van der Waals surface area contributed by atoms with Gasteiger partial charge in [-0.1, -0.05) is 29.8 Å². The van der Waals surface area contributed by atoms with E-state index in [0.29, 0.717) is 16.5 Å². The van der Waals surface area contributed by atoms with Crippen molar-refractivity contribution in [3.05, 3.63) is 75.9 Å². The van der Waals surface area contributed by atoms with E-state index in [2.05, 4.69) is 9.97 Å². The van der Waals surface area contributed by atoms with E-state index < -0.39 is 5.97 Å². The average molecular weight is 426 g/mol. The molecule has 0 saturated heterocycles. The number of pyridine rings is 1.